The summed E-state index contributed by atoms with van der Waals surface area (Å²) in [4.78, 5) is 0. The van der Waals surface area contributed by atoms with Crippen molar-refractivity contribution < 1.29 is 14.9 Å². The van der Waals surface area contributed by atoms with Gasteiger partial charge in [0.25, 0.3) is 0 Å². The molecule has 1 rings (SSSR count). The lowest BCUT2D eigenvalue weighted by Gasteiger charge is -2.04. The molecule has 0 unspecified atom stereocenters. The predicted molar refractivity (Wildman–Crippen MR) is 52.4 cm³/mol. The van der Waals surface area contributed by atoms with E-state index in [0.717, 1.165) is 0 Å². The summed E-state index contributed by atoms with van der Waals surface area (Å²) < 4.78 is 4.81. The van der Waals surface area contributed by atoms with Crippen molar-refractivity contribution in [2.75, 3.05) is 7.11 Å². The number of hydrogen-bond donors (Lipinski definition) is 2. The molecule has 2 N–H and O–H groups in total. The Hall–Kier alpha value is -1.38. The van der Waals surface area contributed by atoms with Crippen molar-refractivity contribution in [3.05, 3.63) is 17.7 Å². The van der Waals surface area contributed by atoms with E-state index in [1.807, 2.05) is 13.8 Å². The first-order valence-corrected chi connectivity index (χ1v) is 4.21. The van der Waals surface area contributed by atoms with Gasteiger partial charge in [-0.05, 0) is 6.92 Å². The summed E-state index contributed by atoms with van der Waals surface area (Å²) >= 11 is 0. The molecule has 0 spiro atoms. The first kappa shape index (κ1) is 11.6. The van der Waals surface area contributed by atoms with E-state index in [1.54, 1.807) is 6.92 Å². The van der Waals surface area contributed by atoms with Gasteiger partial charge >= 0.3 is 0 Å². The molecule has 0 saturated heterocycles. The van der Waals surface area contributed by atoms with Gasteiger partial charge in [-0.3, -0.25) is 0 Å². The fourth-order valence-electron chi connectivity index (χ4n) is 0.777. The molecule has 0 heterocycles. The van der Waals surface area contributed by atoms with Crippen LogP contribution in [-0.2, 0) is 0 Å². The van der Waals surface area contributed by atoms with Crippen LogP contribution in [0.25, 0.3) is 0 Å². The van der Waals surface area contributed by atoms with Gasteiger partial charge in [0.15, 0.2) is 0 Å². The Morgan fingerprint density at radius 3 is 1.77 bits per heavy atom. The Labute approximate surface area is 78.6 Å². The number of rotatable bonds is 1. The molecule has 0 bridgehead atoms. The second kappa shape index (κ2) is 5.30. The Kier molecular flexibility index (Phi) is 4.74. The van der Waals surface area contributed by atoms with E-state index in [1.165, 1.54) is 19.2 Å². The third-order valence-electron chi connectivity index (χ3n) is 1.56. The SMILES string of the molecule is CC.COc1cc(O)c(C)c(O)c1. The quantitative estimate of drug-likeness (QED) is 0.704. The Morgan fingerprint density at radius 2 is 1.46 bits per heavy atom. The molecule has 0 radical (unpaired) electrons. The minimum Gasteiger partial charge on any atom is -0.507 e. The van der Waals surface area contributed by atoms with Gasteiger partial charge in [-0.1, -0.05) is 13.8 Å². The highest BCUT2D eigenvalue weighted by molar-refractivity contribution is 5.48. The van der Waals surface area contributed by atoms with Crippen LogP contribution in [0.4, 0.5) is 0 Å². The Bertz CT molecular complexity index is 246. The first-order chi connectivity index (χ1) is 6.15. The molecule has 0 aliphatic rings. The number of ether oxygens (including phenoxy) is 1. The van der Waals surface area contributed by atoms with Crippen molar-refractivity contribution in [1.82, 2.24) is 0 Å². The summed E-state index contributed by atoms with van der Waals surface area (Å²) in [6.07, 6.45) is 0. The minimum absolute atomic E-state index is 0.0434. The summed E-state index contributed by atoms with van der Waals surface area (Å²) in [5, 5.41) is 18.3. The fourth-order valence-corrected chi connectivity index (χ4v) is 0.777. The average molecular weight is 184 g/mol. The highest BCUT2D eigenvalue weighted by atomic mass is 16.5. The zero-order valence-corrected chi connectivity index (χ0v) is 8.46. The zero-order valence-electron chi connectivity index (χ0n) is 8.46. The molecule has 74 valence electrons. The standard InChI is InChI=1S/C8H10O3.C2H6/c1-5-7(9)3-6(11-2)4-8(5)10;1-2/h3-4,9-10H,1-2H3;1-2H3. The summed E-state index contributed by atoms with van der Waals surface area (Å²) in [5.74, 6) is 0.536. The van der Waals surface area contributed by atoms with Crippen LogP contribution in [0.15, 0.2) is 12.1 Å². The summed E-state index contributed by atoms with van der Waals surface area (Å²) in [6, 6.07) is 2.91. The second-order valence-electron chi connectivity index (χ2n) is 2.29. The molecule has 0 atom stereocenters. The van der Waals surface area contributed by atoms with E-state index in [0.29, 0.717) is 11.3 Å². The number of benzene rings is 1. The van der Waals surface area contributed by atoms with Crippen LogP contribution in [0.5, 0.6) is 17.2 Å². The monoisotopic (exact) mass is 184 g/mol. The molecule has 0 aromatic heterocycles. The van der Waals surface area contributed by atoms with Crippen LogP contribution in [0.1, 0.15) is 19.4 Å². The van der Waals surface area contributed by atoms with Gasteiger partial charge in [-0.2, -0.15) is 0 Å². The average Bonchev–Trinajstić information content (AvgIpc) is 2.16. The topological polar surface area (TPSA) is 49.7 Å². The van der Waals surface area contributed by atoms with Crippen molar-refractivity contribution in [2.24, 2.45) is 0 Å². The van der Waals surface area contributed by atoms with E-state index in [-0.39, 0.29) is 11.5 Å². The molecule has 3 nitrogen and oxygen atoms in total. The summed E-state index contributed by atoms with van der Waals surface area (Å²) in [7, 11) is 1.48. The second-order valence-corrected chi connectivity index (χ2v) is 2.29. The highest BCUT2D eigenvalue weighted by Crippen LogP contribution is 2.30. The first-order valence-electron chi connectivity index (χ1n) is 4.21. The summed E-state index contributed by atoms with van der Waals surface area (Å²) in [5.41, 5.74) is 0.464. The van der Waals surface area contributed by atoms with Crippen LogP contribution >= 0.6 is 0 Å². The molecule has 0 fully saturated rings. The molecule has 1 aromatic carbocycles. The van der Waals surface area contributed by atoms with Gasteiger partial charge < -0.3 is 14.9 Å². The van der Waals surface area contributed by atoms with Gasteiger partial charge in [0.05, 0.1) is 7.11 Å². The van der Waals surface area contributed by atoms with E-state index in [4.69, 9.17) is 4.74 Å². The van der Waals surface area contributed by atoms with E-state index >= 15 is 0 Å². The van der Waals surface area contributed by atoms with E-state index in [9.17, 15) is 10.2 Å². The van der Waals surface area contributed by atoms with Crippen LogP contribution in [0, 0.1) is 6.92 Å². The lowest BCUT2D eigenvalue weighted by atomic mass is 10.2. The van der Waals surface area contributed by atoms with Crippen molar-refractivity contribution in [3.63, 3.8) is 0 Å². The van der Waals surface area contributed by atoms with Crippen molar-refractivity contribution in [2.45, 2.75) is 20.8 Å². The maximum absolute atomic E-state index is 9.17. The van der Waals surface area contributed by atoms with Gasteiger partial charge in [0, 0.05) is 17.7 Å². The third-order valence-corrected chi connectivity index (χ3v) is 1.56. The molecule has 3 heteroatoms. The van der Waals surface area contributed by atoms with E-state index in [2.05, 4.69) is 0 Å². The Balaban J connectivity index is 0.000000671. The van der Waals surface area contributed by atoms with Crippen molar-refractivity contribution in [1.29, 1.82) is 0 Å². The molecule has 0 saturated carbocycles. The van der Waals surface area contributed by atoms with E-state index < -0.39 is 0 Å². The van der Waals surface area contributed by atoms with Gasteiger partial charge in [-0.25, -0.2) is 0 Å². The fraction of sp³-hybridized carbons (Fsp3) is 0.400. The van der Waals surface area contributed by atoms with Gasteiger partial charge in [-0.15, -0.1) is 0 Å². The molecule has 0 aliphatic carbocycles. The van der Waals surface area contributed by atoms with Crippen molar-refractivity contribution in [3.8, 4) is 17.2 Å². The lowest BCUT2D eigenvalue weighted by molar-refractivity contribution is 0.395. The molecule has 13 heavy (non-hydrogen) atoms. The maximum Gasteiger partial charge on any atom is 0.126 e. The lowest BCUT2D eigenvalue weighted by Crippen LogP contribution is -1.83. The molecule has 1 aromatic rings. The van der Waals surface area contributed by atoms with Gasteiger partial charge in [0.2, 0.25) is 0 Å². The van der Waals surface area contributed by atoms with Crippen LogP contribution < -0.4 is 4.74 Å². The largest absolute Gasteiger partial charge is 0.507 e. The van der Waals surface area contributed by atoms with Crippen LogP contribution in [0.2, 0.25) is 0 Å². The molecule has 0 amide bonds. The number of phenols is 2. The number of aromatic hydroxyl groups is 2. The Morgan fingerprint density at radius 1 is 1.08 bits per heavy atom. The third kappa shape index (κ3) is 2.86. The number of hydrogen-bond acceptors (Lipinski definition) is 3. The molecular formula is C10H16O3. The van der Waals surface area contributed by atoms with Crippen LogP contribution in [0.3, 0.4) is 0 Å². The highest BCUT2D eigenvalue weighted by Gasteiger charge is 2.04. The van der Waals surface area contributed by atoms with Gasteiger partial charge in [0.1, 0.15) is 17.2 Å². The number of methoxy groups -OCH3 is 1. The van der Waals surface area contributed by atoms with Crippen LogP contribution in [-0.4, -0.2) is 17.3 Å². The smallest absolute Gasteiger partial charge is 0.126 e. The van der Waals surface area contributed by atoms with Crippen molar-refractivity contribution >= 4 is 0 Å². The molecule has 0 aliphatic heterocycles. The normalized spacial score (nSPS) is 8.62. The zero-order chi connectivity index (χ0) is 10.4. The molecular weight excluding hydrogens is 168 g/mol. The number of phenolic OH excluding ortho intramolecular Hbond substituents is 2. The predicted octanol–water partition coefficient (Wildman–Crippen LogP) is 2.44. The maximum atomic E-state index is 9.17. The minimum atomic E-state index is 0.0434. The summed E-state index contributed by atoms with van der Waals surface area (Å²) in [6.45, 7) is 5.63.